The molecule has 2 unspecified atom stereocenters. The van der Waals surface area contributed by atoms with E-state index < -0.39 is 0 Å². The van der Waals surface area contributed by atoms with E-state index in [1.165, 1.54) is 0 Å². The molecule has 1 saturated heterocycles. The summed E-state index contributed by atoms with van der Waals surface area (Å²) in [4.78, 5) is 14.0. The van der Waals surface area contributed by atoms with Crippen LogP contribution in [-0.2, 0) is 4.79 Å². The number of likely N-dealkylation sites (tertiary alicyclic amines) is 1. The van der Waals surface area contributed by atoms with Crippen LogP contribution < -0.4 is 10.5 Å². The van der Waals surface area contributed by atoms with Gasteiger partial charge in [-0.2, -0.15) is 0 Å². The van der Waals surface area contributed by atoms with Crippen molar-refractivity contribution in [3.8, 4) is 5.75 Å². The number of hydrogen-bond acceptors (Lipinski definition) is 3. The zero-order valence-corrected chi connectivity index (χ0v) is 11.6. The molecule has 1 amide bonds. The summed E-state index contributed by atoms with van der Waals surface area (Å²) in [6, 6.07) is 7.60. The largest absolute Gasteiger partial charge is 0.496 e. The molecule has 0 aromatic heterocycles. The Kier molecular flexibility index (Phi) is 4.43. The molecule has 0 bridgehead atoms. The number of carbonyl (C=O) groups excluding carboxylic acids is 1. The monoisotopic (exact) mass is 262 g/mol. The van der Waals surface area contributed by atoms with E-state index in [-0.39, 0.29) is 18.0 Å². The first kappa shape index (κ1) is 13.9. The van der Waals surface area contributed by atoms with Crippen LogP contribution in [-0.4, -0.2) is 30.5 Å². The smallest absolute Gasteiger partial charge is 0.224 e. The summed E-state index contributed by atoms with van der Waals surface area (Å²) < 4.78 is 5.40. The summed E-state index contributed by atoms with van der Waals surface area (Å²) >= 11 is 0. The molecule has 4 heteroatoms. The van der Waals surface area contributed by atoms with Crippen LogP contribution in [0.25, 0.3) is 0 Å². The third-order valence-electron chi connectivity index (χ3n) is 3.68. The molecule has 2 N–H and O–H groups in total. The molecule has 4 nitrogen and oxygen atoms in total. The fraction of sp³-hybridized carbons (Fsp3) is 0.533. The van der Waals surface area contributed by atoms with Gasteiger partial charge in [0.05, 0.1) is 13.2 Å². The number of benzene rings is 1. The molecule has 0 spiro atoms. The average Bonchev–Trinajstić information content (AvgIpc) is 2.70. The van der Waals surface area contributed by atoms with E-state index in [0.717, 1.165) is 30.7 Å². The van der Waals surface area contributed by atoms with Crippen molar-refractivity contribution in [1.82, 2.24) is 4.90 Å². The molecule has 0 aliphatic carbocycles. The molecule has 19 heavy (non-hydrogen) atoms. The minimum absolute atomic E-state index is 0.0600. The molecule has 1 aromatic carbocycles. The number of ether oxygens (including phenoxy) is 1. The number of nitrogens with two attached hydrogens (primary N) is 1. The molecule has 2 rings (SSSR count). The second-order valence-electron chi connectivity index (χ2n) is 5.00. The van der Waals surface area contributed by atoms with Gasteiger partial charge in [-0.15, -0.1) is 0 Å². The van der Waals surface area contributed by atoms with Crippen molar-refractivity contribution >= 4 is 5.91 Å². The Balaban J connectivity index is 2.31. The summed E-state index contributed by atoms with van der Waals surface area (Å²) in [6.07, 6.45) is 2.49. The van der Waals surface area contributed by atoms with Gasteiger partial charge in [0.2, 0.25) is 5.91 Å². The van der Waals surface area contributed by atoms with E-state index in [2.05, 4.69) is 6.92 Å². The second-order valence-corrected chi connectivity index (χ2v) is 5.00. The standard InChI is InChI=1S/C15H22N2O2/c1-3-4-9-17-14(18)10-12(16)15(17)11-7-5-6-8-13(11)19-2/h5-8,12,15H,3-4,9-10,16H2,1-2H3. The number of nitrogens with zero attached hydrogens (tertiary/aromatic N) is 1. The van der Waals surface area contributed by atoms with Gasteiger partial charge >= 0.3 is 0 Å². The number of amides is 1. The van der Waals surface area contributed by atoms with Crippen LogP contribution in [0, 0.1) is 0 Å². The fourth-order valence-corrected chi connectivity index (χ4v) is 2.72. The first-order chi connectivity index (χ1) is 9.19. The fourth-order valence-electron chi connectivity index (χ4n) is 2.72. The van der Waals surface area contributed by atoms with Gasteiger partial charge < -0.3 is 15.4 Å². The molecule has 1 aliphatic rings. The predicted octanol–water partition coefficient (Wildman–Crippen LogP) is 2.10. The normalized spacial score (nSPS) is 22.9. The maximum absolute atomic E-state index is 12.1. The quantitative estimate of drug-likeness (QED) is 0.884. The Hall–Kier alpha value is -1.55. The lowest BCUT2D eigenvalue weighted by atomic mass is 9.99. The lowest BCUT2D eigenvalue weighted by molar-refractivity contribution is -0.129. The molecule has 104 valence electrons. The number of methoxy groups -OCH3 is 1. The van der Waals surface area contributed by atoms with E-state index in [1.54, 1.807) is 7.11 Å². The molecule has 0 radical (unpaired) electrons. The van der Waals surface area contributed by atoms with Gasteiger partial charge in [-0.1, -0.05) is 31.5 Å². The molecular weight excluding hydrogens is 240 g/mol. The lowest BCUT2D eigenvalue weighted by Gasteiger charge is -2.28. The van der Waals surface area contributed by atoms with Gasteiger partial charge in [0.25, 0.3) is 0 Å². The van der Waals surface area contributed by atoms with Gasteiger partial charge in [0.15, 0.2) is 0 Å². The van der Waals surface area contributed by atoms with Crippen LogP contribution in [0.1, 0.15) is 37.8 Å². The molecule has 0 saturated carbocycles. The third-order valence-corrected chi connectivity index (χ3v) is 3.68. The van der Waals surface area contributed by atoms with Crippen LogP contribution in [0.3, 0.4) is 0 Å². The molecular formula is C15H22N2O2. The Bertz CT molecular complexity index is 448. The highest BCUT2D eigenvalue weighted by molar-refractivity contribution is 5.80. The van der Waals surface area contributed by atoms with Crippen LogP contribution >= 0.6 is 0 Å². The van der Waals surface area contributed by atoms with Crippen molar-refractivity contribution in [2.45, 2.75) is 38.3 Å². The van der Waals surface area contributed by atoms with E-state index in [0.29, 0.717) is 6.42 Å². The number of unbranched alkanes of at least 4 members (excludes halogenated alkanes) is 1. The molecule has 1 fully saturated rings. The van der Waals surface area contributed by atoms with Crippen molar-refractivity contribution in [2.75, 3.05) is 13.7 Å². The minimum Gasteiger partial charge on any atom is -0.496 e. The van der Waals surface area contributed by atoms with E-state index in [9.17, 15) is 4.79 Å². The highest BCUT2D eigenvalue weighted by atomic mass is 16.5. The van der Waals surface area contributed by atoms with Crippen LogP contribution in [0.2, 0.25) is 0 Å². The topological polar surface area (TPSA) is 55.6 Å². The zero-order chi connectivity index (χ0) is 13.8. The van der Waals surface area contributed by atoms with Crippen molar-refractivity contribution in [3.05, 3.63) is 29.8 Å². The van der Waals surface area contributed by atoms with Crippen molar-refractivity contribution in [1.29, 1.82) is 0 Å². The van der Waals surface area contributed by atoms with Crippen molar-refractivity contribution in [3.63, 3.8) is 0 Å². The molecule has 1 heterocycles. The predicted molar refractivity (Wildman–Crippen MR) is 74.9 cm³/mol. The molecule has 1 aliphatic heterocycles. The van der Waals surface area contributed by atoms with Crippen molar-refractivity contribution in [2.24, 2.45) is 5.73 Å². The first-order valence-electron chi connectivity index (χ1n) is 6.87. The Morgan fingerprint density at radius 2 is 2.16 bits per heavy atom. The summed E-state index contributed by atoms with van der Waals surface area (Å²) in [5.41, 5.74) is 7.18. The summed E-state index contributed by atoms with van der Waals surface area (Å²) in [5, 5.41) is 0. The third kappa shape index (κ3) is 2.73. The van der Waals surface area contributed by atoms with E-state index in [4.69, 9.17) is 10.5 Å². The van der Waals surface area contributed by atoms with E-state index >= 15 is 0 Å². The highest BCUT2D eigenvalue weighted by Crippen LogP contribution is 2.36. The Morgan fingerprint density at radius 3 is 2.84 bits per heavy atom. The summed E-state index contributed by atoms with van der Waals surface area (Å²) in [7, 11) is 1.65. The SMILES string of the molecule is CCCCN1C(=O)CC(N)C1c1ccccc1OC. The number of hydrogen-bond donors (Lipinski definition) is 1. The maximum atomic E-state index is 12.1. The minimum atomic E-state index is -0.152. The van der Waals surface area contributed by atoms with Gasteiger partial charge in [-0.05, 0) is 12.5 Å². The molecule has 2 atom stereocenters. The first-order valence-corrected chi connectivity index (χ1v) is 6.87. The van der Waals surface area contributed by atoms with Crippen molar-refractivity contribution < 1.29 is 9.53 Å². The molecule has 1 aromatic rings. The summed E-state index contributed by atoms with van der Waals surface area (Å²) in [5.74, 6) is 0.955. The van der Waals surface area contributed by atoms with Gasteiger partial charge in [-0.25, -0.2) is 0 Å². The number of para-hydroxylation sites is 1. The Morgan fingerprint density at radius 1 is 1.42 bits per heavy atom. The average molecular weight is 262 g/mol. The van der Waals surface area contributed by atoms with Crippen LogP contribution in [0.5, 0.6) is 5.75 Å². The van der Waals surface area contributed by atoms with Gasteiger partial charge in [0, 0.05) is 24.6 Å². The van der Waals surface area contributed by atoms with Gasteiger partial charge in [0.1, 0.15) is 5.75 Å². The summed E-state index contributed by atoms with van der Waals surface area (Å²) in [6.45, 7) is 2.89. The highest BCUT2D eigenvalue weighted by Gasteiger charge is 2.39. The van der Waals surface area contributed by atoms with Crippen LogP contribution in [0.4, 0.5) is 0 Å². The second kappa shape index (κ2) is 6.06. The number of carbonyl (C=O) groups is 1. The number of rotatable bonds is 5. The maximum Gasteiger partial charge on any atom is 0.224 e. The van der Waals surface area contributed by atoms with E-state index in [1.807, 2.05) is 29.2 Å². The van der Waals surface area contributed by atoms with Gasteiger partial charge in [-0.3, -0.25) is 4.79 Å². The zero-order valence-electron chi connectivity index (χ0n) is 11.6. The van der Waals surface area contributed by atoms with Crippen LogP contribution in [0.15, 0.2) is 24.3 Å². The lowest BCUT2D eigenvalue weighted by Crippen LogP contribution is -2.34. The Labute approximate surface area is 114 Å².